The summed E-state index contributed by atoms with van der Waals surface area (Å²) in [4.78, 5) is 19.4. The average Bonchev–Trinajstić information content (AvgIpc) is 3.13. The monoisotopic (exact) mass is 437 g/mol. The molecule has 0 radical (unpaired) electrons. The molecule has 0 spiro atoms. The molecule has 0 saturated heterocycles. The molecule has 30 heavy (non-hydrogen) atoms. The van der Waals surface area contributed by atoms with E-state index in [1.54, 1.807) is 31.4 Å². The van der Waals surface area contributed by atoms with Crippen LogP contribution in [0.1, 0.15) is 0 Å². The Balaban J connectivity index is 0.000000387. The van der Waals surface area contributed by atoms with Crippen LogP contribution in [0.25, 0.3) is 16.3 Å². The van der Waals surface area contributed by atoms with E-state index in [1.807, 2.05) is 6.07 Å². The summed E-state index contributed by atoms with van der Waals surface area (Å²) in [5.41, 5.74) is -0.203. The van der Waals surface area contributed by atoms with Gasteiger partial charge in [-0.25, -0.2) is 0 Å². The van der Waals surface area contributed by atoms with Crippen molar-refractivity contribution < 1.29 is 37.9 Å². The zero-order valence-corrected chi connectivity index (χ0v) is 17.1. The summed E-state index contributed by atoms with van der Waals surface area (Å²) in [6.07, 6.45) is 1.00. The Bertz CT molecular complexity index is 1090. The van der Waals surface area contributed by atoms with Gasteiger partial charge >= 0.3 is 18.9 Å². The third kappa shape index (κ3) is 6.24. The third-order valence-electron chi connectivity index (χ3n) is 3.25. The largest absolute Gasteiger partial charge is 1.00 e. The van der Waals surface area contributed by atoms with Crippen molar-refractivity contribution >= 4 is 52.1 Å². The molecule has 9 nitrogen and oxygen atoms in total. The van der Waals surface area contributed by atoms with Gasteiger partial charge in [0.1, 0.15) is 5.75 Å². The van der Waals surface area contributed by atoms with Crippen LogP contribution in [0.3, 0.4) is 0 Å². The number of amides is 2. The fourth-order valence-corrected chi connectivity index (χ4v) is 2.45. The summed E-state index contributed by atoms with van der Waals surface area (Å²) in [5.74, 6) is 0.345. The number of carbonyl (C=O) groups is 1. The predicted molar refractivity (Wildman–Crippen MR) is 106 cm³/mol. The minimum atomic E-state index is -1.15. The van der Waals surface area contributed by atoms with Crippen molar-refractivity contribution in [3.05, 3.63) is 51.9 Å². The molecule has 1 heterocycles. The maximum atomic E-state index is 10.1. The second-order valence-corrected chi connectivity index (χ2v) is 5.85. The smallest absolute Gasteiger partial charge is 0.807 e. The number of H-pyrrole nitrogens is 1. The first-order valence-corrected chi connectivity index (χ1v) is 8.35. The standard InChI is InChI=1S/C14H9Cl2N2O2.C4HN3O2.Li/c1-19-14-9-7-8(5-6-12(9)17-18-14)20-13-10(15)3-2-4-11(13)16;5-1-3(6)4(9)7-2-8;/h3-7H,1H3,(H,17,18);(H,7,8,9);/q-1;-2;+1. The predicted octanol–water partition coefficient (Wildman–Crippen LogP) is 0.179. The summed E-state index contributed by atoms with van der Waals surface area (Å²) < 4.78 is 10.9. The number of aromatic nitrogens is 2. The number of halogens is 2. The molecule has 148 valence electrons. The number of nitrogens with zero attached hydrogens (tertiary/aromatic N) is 3. The van der Waals surface area contributed by atoms with Gasteiger partial charge in [-0.2, -0.15) is 46.7 Å². The molecule has 0 aliphatic carbocycles. The van der Waals surface area contributed by atoms with E-state index >= 15 is 0 Å². The molecule has 0 aliphatic heterocycles. The molecule has 2 N–H and O–H groups in total. The van der Waals surface area contributed by atoms with Gasteiger partial charge in [0.25, 0.3) is 0 Å². The van der Waals surface area contributed by atoms with Gasteiger partial charge in [-0.05, 0) is 28.2 Å². The molecule has 12 heteroatoms. The Kier molecular flexibility index (Phi) is 9.89. The van der Waals surface area contributed by atoms with Crippen molar-refractivity contribution in [3.63, 3.8) is 0 Å². The molecular formula is C18H10Cl2LiN5O4-2. The second-order valence-electron chi connectivity index (χ2n) is 5.04. The van der Waals surface area contributed by atoms with Gasteiger partial charge in [0, 0.05) is 0 Å². The van der Waals surface area contributed by atoms with Crippen molar-refractivity contribution in [2.75, 3.05) is 7.11 Å². The van der Waals surface area contributed by atoms with Crippen LogP contribution >= 0.6 is 23.2 Å². The number of nitrogens with one attached hydrogen (secondary N) is 2. The number of benzene rings is 2. The van der Waals surface area contributed by atoms with Crippen molar-refractivity contribution in [2.45, 2.75) is 0 Å². The van der Waals surface area contributed by atoms with Crippen molar-refractivity contribution in [1.29, 1.82) is 5.26 Å². The summed E-state index contributed by atoms with van der Waals surface area (Å²) in [6, 6.07) is 12.6. The van der Waals surface area contributed by atoms with Gasteiger partial charge < -0.3 is 29.8 Å². The molecule has 3 aromatic rings. The van der Waals surface area contributed by atoms with E-state index in [0.717, 1.165) is 23.4 Å². The topological polar surface area (TPSA) is 139 Å². The van der Waals surface area contributed by atoms with Crippen LogP contribution in [0, 0.1) is 17.4 Å². The molecule has 0 saturated carbocycles. The number of methoxy groups -OCH3 is 1. The summed E-state index contributed by atoms with van der Waals surface area (Å²) in [7, 11) is 1.56. The van der Waals surface area contributed by atoms with E-state index in [1.165, 1.54) is 5.32 Å². The van der Waals surface area contributed by atoms with Gasteiger partial charge in [-0.15, -0.1) is 10.8 Å². The number of hydrogen-bond donors (Lipinski definition) is 2. The average molecular weight is 438 g/mol. The Hall–Kier alpha value is -3.01. The first-order chi connectivity index (χ1) is 13.9. The van der Waals surface area contributed by atoms with Crippen molar-refractivity contribution in [3.8, 4) is 23.4 Å². The second kappa shape index (κ2) is 11.9. The maximum Gasteiger partial charge on any atom is 1.00 e. The van der Waals surface area contributed by atoms with Crippen LogP contribution in [0.4, 0.5) is 0 Å². The number of nitriles is 1. The molecule has 0 fully saturated rings. The van der Waals surface area contributed by atoms with Gasteiger partial charge in [-0.1, -0.05) is 0 Å². The van der Waals surface area contributed by atoms with E-state index in [9.17, 15) is 9.59 Å². The van der Waals surface area contributed by atoms with Crippen LogP contribution < -0.4 is 33.7 Å². The molecule has 1 aromatic heterocycles. The minimum Gasteiger partial charge on any atom is -0.807 e. The molecule has 2 aromatic carbocycles. The quantitative estimate of drug-likeness (QED) is 0.252. The van der Waals surface area contributed by atoms with E-state index in [0.29, 0.717) is 27.4 Å². The number of rotatable bonds is 5. The maximum absolute atomic E-state index is 10.1. The Morgan fingerprint density at radius 2 is 2.03 bits per heavy atom. The van der Waals surface area contributed by atoms with Gasteiger partial charge in [0.15, 0.2) is 0 Å². The summed E-state index contributed by atoms with van der Waals surface area (Å²) in [6.45, 7) is 0. The zero-order valence-electron chi connectivity index (χ0n) is 15.6. The zero-order chi connectivity index (χ0) is 21.4. The fourth-order valence-electron chi connectivity index (χ4n) is 1.99. The van der Waals surface area contributed by atoms with Crippen LogP contribution in [-0.2, 0) is 9.59 Å². The van der Waals surface area contributed by atoms with Crippen LogP contribution in [-0.4, -0.2) is 35.3 Å². The Morgan fingerprint density at radius 3 is 2.60 bits per heavy atom. The number of ether oxygens (including phenoxy) is 2. The SMILES string of the molecule is COc1n[nH]c2ccc(Oc3c(Cl)c[c-]cc3Cl)cc12.N#CC(=[N-])C(=O)N[C-]=O.[Li+]. The molecule has 3 rings (SSSR count). The molecule has 0 aliphatic rings. The first kappa shape index (κ1) is 25.0. The number of aromatic amines is 1. The molecular weight excluding hydrogens is 428 g/mol. The normalized spacial score (nSPS) is 9.27. The summed E-state index contributed by atoms with van der Waals surface area (Å²) in [5, 5.41) is 26.0. The van der Waals surface area contributed by atoms with Crippen LogP contribution in [0.15, 0.2) is 30.3 Å². The third-order valence-corrected chi connectivity index (χ3v) is 3.81. The van der Waals surface area contributed by atoms with Crippen molar-refractivity contribution in [1.82, 2.24) is 15.5 Å². The first-order valence-electron chi connectivity index (χ1n) is 7.59. The van der Waals surface area contributed by atoms with Gasteiger partial charge in [-0.3, -0.25) is 5.10 Å². The summed E-state index contributed by atoms with van der Waals surface area (Å²) >= 11 is 12.1. The molecule has 0 bridgehead atoms. The Morgan fingerprint density at radius 1 is 1.37 bits per heavy atom. The molecule has 2 amide bonds. The van der Waals surface area contributed by atoms with E-state index in [-0.39, 0.29) is 18.9 Å². The number of imide groups is 1. The number of fused-ring (bicyclic) bond motifs is 1. The van der Waals surface area contributed by atoms with E-state index in [2.05, 4.69) is 16.3 Å². The van der Waals surface area contributed by atoms with Crippen LogP contribution in [0.5, 0.6) is 17.4 Å². The number of hydrogen-bond acceptors (Lipinski definition) is 6. The van der Waals surface area contributed by atoms with E-state index in [4.69, 9.17) is 43.3 Å². The van der Waals surface area contributed by atoms with Gasteiger partial charge in [0.05, 0.1) is 42.1 Å². The van der Waals surface area contributed by atoms with Crippen molar-refractivity contribution in [2.24, 2.45) is 0 Å². The van der Waals surface area contributed by atoms with E-state index < -0.39 is 11.6 Å². The Labute approximate surface area is 192 Å². The van der Waals surface area contributed by atoms with Crippen LogP contribution in [0.2, 0.25) is 10.0 Å². The fraction of sp³-hybridized carbons (Fsp3) is 0.0556. The molecule has 0 unspecified atom stereocenters. The minimum absolute atomic E-state index is 0. The van der Waals surface area contributed by atoms with Gasteiger partial charge in [0.2, 0.25) is 5.88 Å². The number of carbonyl (C=O) groups excluding carboxylic acids is 2. The molecule has 0 atom stereocenters.